The minimum absolute atomic E-state index is 0.255. The van der Waals surface area contributed by atoms with Crippen LogP contribution in [-0.2, 0) is 4.79 Å². The van der Waals surface area contributed by atoms with Crippen LogP contribution >= 0.6 is 11.6 Å². The maximum Gasteiger partial charge on any atom is 0.337 e. The molecule has 7 heteroatoms. The van der Waals surface area contributed by atoms with Crippen LogP contribution in [0.25, 0.3) is 0 Å². The van der Waals surface area contributed by atoms with Crippen LogP contribution in [0.15, 0.2) is 18.2 Å². The first kappa shape index (κ1) is 15.5. The van der Waals surface area contributed by atoms with Gasteiger partial charge < -0.3 is 10.2 Å². The summed E-state index contributed by atoms with van der Waals surface area (Å²) in [6.45, 7) is 1.33. The molecule has 0 aliphatic heterocycles. The van der Waals surface area contributed by atoms with Crippen LogP contribution in [0, 0.1) is 0 Å². The molecule has 2 atom stereocenters. The number of halogens is 3. The van der Waals surface area contributed by atoms with Crippen molar-refractivity contribution in [2.24, 2.45) is 0 Å². The molecule has 104 valence electrons. The van der Waals surface area contributed by atoms with E-state index in [1.807, 2.05) is 0 Å². The molecule has 1 aromatic rings. The van der Waals surface area contributed by atoms with Gasteiger partial charge in [0.25, 0.3) is 6.43 Å². The van der Waals surface area contributed by atoms with E-state index in [-0.39, 0.29) is 11.1 Å². The highest BCUT2D eigenvalue weighted by Crippen LogP contribution is 2.27. The predicted molar refractivity (Wildman–Crippen MR) is 63.6 cm³/mol. The first-order valence-corrected chi connectivity index (χ1v) is 5.70. The van der Waals surface area contributed by atoms with Gasteiger partial charge in [0.15, 0.2) is 11.9 Å². The normalized spacial score (nSPS) is 14.2. The second kappa shape index (κ2) is 6.08. The fourth-order valence-corrected chi connectivity index (χ4v) is 1.63. The SMILES string of the molecule is CC(Cl)C(=O)c1cc(C(F)F)ccc1C(O)C(=O)O. The Morgan fingerprint density at radius 2 is 1.89 bits per heavy atom. The van der Waals surface area contributed by atoms with E-state index < -0.39 is 35.2 Å². The maximum atomic E-state index is 12.6. The Labute approximate surface area is 112 Å². The summed E-state index contributed by atoms with van der Waals surface area (Å²) < 4.78 is 25.2. The largest absolute Gasteiger partial charge is 0.479 e. The number of hydrogen-bond donors (Lipinski definition) is 2. The number of ketones is 1. The molecule has 2 unspecified atom stereocenters. The summed E-state index contributed by atoms with van der Waals surface area (Å²) in [4.78, 5) is 22.5. The quantitative estimate of drug-likeness (QED) is 0.646. The molecule has 0 aromatic heterocycles. The Balaban J connectivity index is 3.38. The molecule has 0 heterocycles. The molecular formula is C12H11ClF2O4. The molecule has 0 aliphatic carbocycles. The fraction of sp³-hybridized carbons (Fsp3) is 0.333. The van der Waals surface area contributed by atoms with E-state index in [0.717, 1.165) is 18.2 Å². The minimum Gasteiger partial charge on any atom is -0.479 e. The number of carbonyl (C=O) groups excluding carboxylic acids is 1. The molecule has 1 rings (SSSR count). The first-order chi connectivity index (χ1) is 8.75. The van der Waals surface area contributed by atoms with Crippen molar-refractivity contribution in [3.63, 3.8) is 0 Å². The molecule has 0 aliphatic rings. The zero-order valence-corrected chi connectivity index (χ0v) is 10.6. The van der Waals surface area contributed by atoms with Gasteiger partial charge in [-0.15, -0.1) is 11.6 Å². The number of Topliss-reactive ketones (excluding diaryl/α,β-unsaturated/α-hetero) is 1. The molecule has 0 spiro atoms. The lowest BCUT2D eigenvalue weighted by Crippen LogP contribution is -2.19. The molecule has 0 saturated carbocycles. The predicted octanol–water partition coefficient (Wildman–Crippen LogP) is 2.55. The highest BCUT2D eigenvalue weighted by atomic mass is 35.5. The van der Waals surface area contributed by atoms with Gasteiger partial charge in [0.05, 0.1) is 5.38 Å². The van der Waals surface area contributed by atoms with Crippen LogP contribution < -0.4 is 0 Å². The van der Waals surface area contributed by atoms with Crippen molar-refractivity contribution in [3.8, 4) is 0 Å². The van der Waals surface area contributed by atoms with Crippen molar-refractivity contribution in [3.05, 3.63) is 34.9 Å². The van der Waals surface area contributed by atoms with E-state index in [1.54, 1.807) is 0 Å². The van der Waals surface area contributed by atoms with Crippen molar-refractivity contribution in [1.82, 2.24) is 0 Å². The Morgan fingerprint density at radius 3 is 2.32 bits per heavy atom. The minimum atomic E-state index is -2.81. The van der Waals surface area contributed by atoms with Gasteiger partial charge in [-0.25, -0.2) is 13.6 Å². The fourth-order valence-electron chi connectivity index (χ4n) is 1.51. The summed E-state index contributed by atoms with van der Waals surface area (Å²) in [6, 6.07) is 2.81. The summed E-state index contributed by atoms with van der Waals surface area (Å²) in [5.74, 6) is -2.31. The number of carbonyl (C=O) groups is 2. The van der Waals surface area contributed by atoms with Crippen molar-refractivity contribution < 1.29 is 28.6 Å². The van der Waals surface area contributed by atoms with Gasteiger partial charge in [-0.2, -0.15) is 0 Å². The highest BCUT2D eigenvalue weighted by molar-refractivity contribution is 6.33. The van der Waals surface area contributed by atoms with Crippen LogP contribution in [0.2, 0.25) is 0 Å². The van der Waals surface area contributed by atoms with Gasteiger partial charge in [-0.3, -0.25) is 4.79 Å². The van der Waals surface area contributed by atoms with Crippen LogP contribution in [0.4, 0.5) is 8.78 Å². The van der Waals surface area contributed by atoms with Crippen molar-refractivity contribution in [2.75, 3.05) is 0 Å². The smallest absolute Gasteiger partial charge is 0.337 e. The molecular weight excluding hydrogens is 282 g/mol. The lowest BCUT2D eigenvalue weighted by atomic mass is 9.95. The molecule has 0 radical (unpaired) electrons. The van der Waals surface area contributed by atoms with Crippen LogP contribution in [0.1, 0.15) is 40.9 Å². The average molecular weight is 293 g/mol. The Morgan fingerprint density at radius 1 is 1.32 bits per heavy atom. The highest BCUT2D eigenvalue weighted by Gasteiger charge is 2.26. The topological polar surface area (TPSA) is 74.6 Å². The van der Waals surface area contributed by atoms with Gasteiger partial charge in [0.2, 0.25) is 0 Å². The molecule has 0 amide bonds. The third-order valence-electron chi connectivity index (χ3n) is 2.48. The summed E-state index contributed by atoms with van der Waals surface area (Å²) in [6.07, 6.45) is -4.78. The van der Waals surface area contributed by atoms with E-state index in [2.05, 4.69) is 0 Å². The molecule has 0 bridgehead atoms. The van der Waals surface area contributed by atoms with Crippen molar-refractivity contribution >= 4 is 23.4 Å². The van der Waals surface area contributed by atoms with Crippen LogP contribution in [-0.4, -0.2) is 27.3 Å². The van der Waals surface area contributed by atoms with Gasteiger partial charge in [-0.1, -0.05) is 12.1 Å². The van der Waals surface area contributed by atoms with Crippen molar-refractivity contribution in [1.29, 1.82) is 0 Å². The number of aliphatic carboxylic acids is 1. The lowest BCUT2D eigenvalue weighted by molar-refractivity contribution is -0.146. The summed E-state index contributed by atoms with van der Waals surface area (Å²) in [5, 5.41) is 17.2. The van der Waals surface area contributed by atoms with Gasteiger partial charge in [0.1, 0.15) is 0 Å². The molecule has 0 fully saturated rings. The first-order valence-electron chi connectivity index (χ1n) is 5.26. The average Bonchev–Trinajstić information content (AvgIpc) is 2.35. The van der Waals surface area contributed by atoms with Crippen LogP contribution in [0.3, 0.4) is 0 Å². The Hall–Kier alpha value is -1.53. The lowest BCUT2D eigenvalue weighted by Gasteiger charge is -2.14. The second-order valence-electron chi connectivity index (χ2n) is 3.87. The summed E-state index contributed by atoms with van der Waals surface area (Å²) in [5.41, 5.74) is -1.01. The van der Waals surface area contributed by atoms with E-state index in [4.69, 9.17) is 16.7 Å². The molecule has 19 heavy (non-hydrogen) atoms. The monoisotopic (exact) mass is 292 g/mol. The third kappa shape index (κ3) is 3.48. The van der Waals surface area contributed by atoms with E-state index in [1.165, 1.54) is 6.92 Å². The van der Waals surface area contributed by atoms with Gasteiger partial charge in [-0.05, 0) is 13.0 Å². The number of aliphatic hydroxyl groups excluding tert-OH is 1. The molecule has 2 N–H and O–H groups in total. The van der Waals surface area contributed by atoms with E-state index in [9.17, 15) is 23.5 Å². The number of carboxylic acids is 1. The number of benzene rings is 1. The Kier molecular flexibility index (Phi) is 4.97. The Bertz CT molecular complexity index is 503. The second-order valence-corrected chi connectivity index (χ2v) is 4.52. The van der Waals surface area contributed by atoms with Crippen LogP contribution in [0.5, 0.6) is 0 Å². The zero-order chi connectivity index (χ0) is 14.7. The molecule has 4 nitrogen and oxygen atoms in total. The third-order valence-corrected chi connectivity index (χ3v) is 2.68. The molecule has 1 aromatic carbocycles. The summed E-state index contributed by atoms with van der Waals surface area (Å²) >= 11 is 5.58. The standard InChI is InChI=1S/C12H11ClF2O4/c1-5(13)9(16)8-4-6(11(14)15)2-3-7(8)10(17)12(18)19/h2-5,10-11,17H,1H3,(H,18,19). The molecule has 0 saturated heterocycles. The number of hydrogen-bond acceptors (Lipinski definition) is 3. The number of alkyl halides is 3. The van der Waals surface area contributed by atoms with E-state index >= 15 is 0 Å². The number of carboxylic acid groups (broad SMARTS) is 1. The van der Waals surface area contributed by atoms with Gasteiger partial charge in [0, 0.05) is 16.7 Å². The van der Waals surface area contributed by atoms with E-state index in [0.29, 0.717) is 0 Å². The zero-order valence-electron chi connectivity index (χ0n) is 9.81. The van der Waals surface area contributed by atoms with Gasteiger partial charge >= 0.3 is 5.97 Å². The number of rotatable bonds is 5. The summed E-state index contributed by atoms with van der Waals surface area (Å²) in [7, 11) is 0. The maximum absolute atomic E-state index is 12.6. The van der Waals surface area contributed by atoms with Crippen molar-refractivity contribution in [2.45, 2.75) is 24.8 Å². The number of aliphatic hydroxyl groups is 1.